The van der Waals surface area contributed by atoms with E-state index in [1.165, 1.54) is 0 Å². The fraction of sp³-hybridized carbons (Fsp3) is 0.588. The van der Waals surface area contributed by atoms with E-state index in [2.05, 4.69) is 5.32 Å². The second kappa shape index (κ2) is 7.32. The highest BCUT2D eigenvalue weighted by atomic mass is 32.2. The molecule has 0 aliphatic heterocycles. The zero-order chi connectivity index (χ0) is 15.3. The molecule has 2 atom stereocenters. The van der Waals surface area contributed by atoms with Gasteiger partial charge >= 0.3 is 0 Å². The fourth-order valence-electron chi connectivity index (χ4n) is 2.69. The van der Waals surface area contributed by atoms with Crippen molar-refractivity contribution in [2.45, 2.75) is 55.3 Å². The van der Waals surface area contributed by atoms with Crippen LogP contribution in [0.15, 0.2) is 35.2 Å². The molecule has 0 spiro atoms. The highest BCUT2D eigenvalue weighted by molar-refractivity contribution is 8.01. The van der Waals surface area contributed by atoms with Crippen LogP contribution in [-0.4, -0.2) is 28.4 Å². The van der Waals surface area contributed by atoms with Crippen LogP contribution in [0.25, 0.3) is 0 Å². The van der Waals surface area contributed by atoms with Gasteiger partial charge < -0.3 is 10.4 Å². The van der Waals surface area contributed by atoms with Crippen molar-refractivity contribution in [1.82, 2.24) is 5.32 Å². The number of hydrogen-bond acceptors (Lipinski definition) is 3. The van der Waals surface area contributed by atoms with Crippen molar-refractivity contribution in [3.05, 3.63) is 30.3 Å². The maximum absolute atomic E-state index is 12.4. The fourth-order valence-corrected chi connectivity index (χ4v) is 3.74. The van der Waals surface area contributed by atoms with Crippen molar-refractivity contribution < 1.29 is 9.90 Å². The van der Waals surface area contributed by atoms with Crippen LogP contribution in [-0.2, 0) is 4.79 Å². The topological polar surface area (TPSA) is 49.3 Å². The molecule has 2 N–H and O–H groups in total. The van der Waals surface area contributed by atoms with Gasteiger partial charge in [0.15, 0.2) is 0 Å². The molecule has 3 nitrogen and oxygen atoms in total. The molecule has 0 bridgehead atoms. The smallest absolute Gasteiger partial charge is 0.236 e. The third-order valence-corrected chi connectivity index (χ3v) is 5.26. The molecule has 21 heavy (non-hydrogen) atoms. The lowest BCUT2D eigenvalue weighted by atomic mass is 9.86. The minimum atomic E-state index is -0.513. The van der Waals surface area contributed by atoms with E-state index in [1.54, 1.807) is 11.8 Å². The van der Waals surface area contributed by atoms with Crippen LogP contribution >= 0.6 is 11.8 Å². The van der Waals surface area contributed by atoms with E-state index in [9.17, 15) is 9.90 Å². The molecular formula is C17H25NO2S. The number of aliphatic hydroxyl groups excluding tert-OH is 1. The van der Waals surface area contributed by atoms with Crippen LogP contribution in [0.4, 0.5) is 0 Å². The maximum Gasteiger partial charge on any atom is 0.236 e. The molecule has 1 aromatic carbocycles. The summed E-state index contributed by atoms with van der Waals surface area (Å²) in [7, 11) is 0. The van der Waals surface area contributed by atoms with Crippen molar-refractivity contribution in [1.29, 1.82) is 0 Å². The molecule has 2 rings (SSSR count). The summed E-state index contributed by atoms with van der Waals surface area (Å²) in [6.45, 7) is 4.47. The molecular weight excluding hydrogens is 282 g/mol. The van der Waals surface area contributed by atoms with E-state index < -0.39 is 4.75 Å². The third-order valence-electron chi connectivity index (χ3n) is 4.06. The Morgan fingerprint density at radius 2 is 1.95 bits per heavy atom. The number of carbonyl (C=O) groups excluding carboxylic acids is 1. The van der Waals surface area contributed by atoms with Crippen molar-refractivity contribution in [3.63, 3.8) is 0 Å². The van der Waals surface area contributed by atoms with Crippen LogP contribution < -0.4 is 5.32 Å². The van der Waals surface area contributed by atoms with Gasteiger partial charge in [0.05, 0.1) is 10.9 Å². The van der Waals surface area contributed by atoms with Gasteiger partial charge in [0.2, 0.25) is 5.91 Å². The van der Waals surface area contributed by atoms with Gasteiger partial charge in [-0.25, -0.2) is 0 Å². The van der Waals surface area contributed by atoms with Gasteiger partial charge in [-0.05, 0) is 38.8 Å². The first-order chi connectivity index (χ1) is 9.99. The van der Waals surface area contributed by atoms with Crippen molar-refractivity contribution in [2.24, 2.45) is 5.92 Å². The second-order valence-corrected chi connectivity index (χ2v) is 7.94. The number of benzene rings is 1. The minimum absolute atomic E-state index is 0.0362. The average molecular weight is 307 g/mol. The number of thioether (sulfide) groups is 1. The van der Waals surface area contributed by atoms with Gasteiger partial charge in [0, 0.05) is 17.4 Å². The summed E-state index contributed by atoms with van der Waals surface area (Å²) < 4.78 is -0.513. The SMILES string of the molecule is CC(C)(Sc1ccccc1)C(=O)NC[C@@H]1CCCC[C@H]1O. The Balaban J connectivity index is 1.86. The van der Waals surface area contributed by atoms with Gasteiger partial charge in [-0.15, -0.1) is 11.8 Å². The Morgan fingerprint density at radius 3 is 2.62 bits per heavy atom. The molecule has 0 heterocycles. The Hall–Kier alpha value is -1.00. The lowest BCUT2D eigenvalue weighted by Gasteiger charge is -2.29. The lowest BCUT2D eigenvalue weighted by molar-refractivity contribution is -0.123. The molecule has 1 aliphatic carbocycles. The molecule has 1 saturated carbocycles. The number of hydrogen-bond donors (Lipinski definition) is 2. The summed E-state index contributed by atoms with van der Waals surface area (Å²) in [5.74, 6) is 0.245. The minimum Gasteiger partial charge on any atom is -0.393 e. The molecule has 116 valence electrons. The normalized spacial score (nSPS) is 22.8. The highest BCUT2D eigenvalue weighted by Crippen LogP contribution is 2.32. The molecule has 1 amide bonds. The number of rotatable bonds is 5. The van der Waals surface area contributed by atoms with Gasteiger partial charge in [0.25, 0.3) is 0 Å². The average Bonchev–Trinajstić information content (AvgIpc) is 2.46. The summed E-state index contributed by atoms with van der Waals surface area (Å²) in [6, 6.07) is 9.97. The summed E-state index contributed by atoms with van der Waals surface area (Å²) in [5, 5.41) is 13.0. The number of carbonyl (C=O) groups is 1. The zero-order valence-corrected chi connectivity index (χ0v) is 13.7. The largest absolute Gasteiger partial charge is 0.393 e. The number of nitrogens with one attached hydrogen (secondary N) is 1. The molecule has 0 unspecified atom stereocenters. The van der Waals surface area contributed by atoms with E-state index in [1.807, 2.05) is 44.2 Å². The van der Waals surface area contributed by atoms with E-state index in [0.29, 0.717) is 6.54 Å². The van der Waals surface area contributed by atoms with Gasteiger partial charge in [-0.3, -0.25) is 4.79 Å². The first kappa shape index (κ1) is 16.4. The Kier molecular flexibility index (Phi) is 5.71. The van der Waals surface area contributed by atoms with E-state index in [4.69, 9.17) is 0 Å². The van der Waals surface area contributed by atoms with E-state index in [-0.39, 0.29) is 17.9 Å². The summed E-state index contributed by atoms with van der Waals surface area (Å²) in [4.78, 5) is 13.5. The quantitative estimate of drug-likeness (QED) is 0.821. The monoisotopic (exact) mass is 307 g/mol. The molecule has 1 aliphatic rings. The predicted molar refractivity (Wildman–Crippen MR) is 87.4 cm³/mol. The van der Waals surface area contributed by atoms with Crippen molar-refractivity contribution >= 4 is 17.7 Å². The summed E-state index contributed by atoms with van der Waals surface area (Å²) >= 11 is 1.57. The molecule has 1 aromatic rings. The van der Waals surface area contributed by atoms with Crippen LogP contribution in [0.5, 0.6) is 0 Å². The summed E-state index contributed by atoms with van der Waals surface area (Å²) in [5.41, 5.74) is 0. The van der Waals surface area contributed by atoms with Crippen LogP contribution in [0.1, 0.15) is 39.5 Å². The maximum atomic E-state index is 12.4. The predicted octanol–water partition coefficient (Wildman–Crippen LogP) is 3.22. The van der Waals surface area contributed by atoms with E-state index >= 15 is 0 Å². The zero-order valence-electron chi connectivity index (χ0n) is 12.8. The van der Waals surface area contributed by atoms with Gasteiger partial charge in [-0.2, -0.15) is 0 Å². The standard InChI is InChI=1S/C17H25NO2S/c1-17(2,21-14-9-4-3-5-10-14)16(20)18-12-13-8-6-7-11-15(13)19/h3-5,9-10,13,15,19H,6-8,11-12H2,1-2H3,(H,18,20)/t13-,15+/m0/s1. The Bertz CT molecular complexity index is 461. The van der Waals surface area contributed by atoms with Crippen molar-refractivity contribution in [2.75, 3.05) is 6.54 Å². The van der Waals surface area contributed by atoms with Crippen LogP contribution in [0.3, 0.4) is 0 Å². The molecule has 4 heteroatoms. The molecule has 0 radical (unpaired) electrons. The Morgan fingerprint density at radius 1 is 1.29 bits per heavy atom. The van der Waals surface area contributed by atoms with Crippen molar-refractivity contribution in [3.8, 4) is 0 Å². The lowest BCUT2D eigenvalue weighted by Crippen LogP contribution is -2.44. The van der Waals surface area contributed by atoms with Gasteiger partial charge in [-0.1, -0.05) is 31.0 Å². The second-order valence-electron chi connectivity index (χ2n) is 6.25. The number of amides is 1. The molecule has 1 fully saturated rings. The molecule has 0 aromatic heterocycles. The number of aliphatic hydroxyl groups is 1. The van der Waals surface area contributed by atoms with Crippen LogP contribution in [0.2, 0.25) is 0 Å². The highest BCUT2D eigenvalue weighted by Gasteiger charge is 2.30. The first-order valence-corrected chi connectivity index (χ1v) is 8.51. The molecule has 0 saturated heterocycles. The Labute approximate surface area is 131 Å². The summed E-state index contributed by atoms with van der Waals surface area (Å²) in [6.07, 6.45) is 3.86. The van der Waals surface area contributed by atoms with E-state index in [0.717, 1.165) is 30.6 Å². The van der Waals surface area contributed by atoms with Crippen LogP contribution in [0, 0.1) is 5.92 Å². The van der Waals surface area contributed by atoms with Gasteiger partial charge in [0.1, 0.15) is 0 Å². The third kappa shape index (κ3) is 4.75. The first-order valence-electron chi connectivity index (χ1n) is 7.69.